The maximum Gasteiger partial charge on any atom is 0.416 e. The lowest BCUT2D eigenvalue weighted by molar-refractivity contribution is -0.137. The third-order valence-electron chi connectivity index (χ3n) is 4.97. The molecule has 3 nitrogen and oxygen atoms in total. The minimum atomic E-state index is -4.53. The van der Waals surface area contributed by atoms with Gasteiger partial charge in [0.15, 0.2) is 0 Å². The molecule has 0 fully saturated rings. The standard InChI is InChI=1S/C23H19F3N2O/c1-14-11-16-12-18(8-10-21(16)27-14)28-22(29)20-13-17(23(24,25)26)7-9-19(20)15-5-3-2-4-6-15/h2-10,12-14,27H,11H2,1H3,(H,28,29). The topological polar surface area (TPSA) is 41.1 Å². The summed E-state index contributed by atoms with van der Waals surface area (Å²) in [6.45, 7) is 2.06. The number of hydrogen-bond donors (Lipinski definition) is 2. The van der Waals surface area contributed by atoms with Crippen molar-refractivity contribution in [1.29, 1.82) is 0 Å². The number of nitrogens with one attached hydrogen (secondary N) is 2. The number of anilines is 2. The van der Waals surface area contributed by atoms with Crippen LogP contribution in [-0.4, -0.2) is 11.9 Å². The van der Waals surface area contributed by atoms with Gasteiger partial charge in [-0.1, -0.05) is 36.4 Å². The molecule has 1 heterocycles. The van der Waals surface area contributed by atoms with Crippen molar-refractivity contribution >= 4 is 17.3 Å². The summed E-state index contributed by atoms with van der Waals surface area (Å²) >= 11 is 0. The van der Waals surface area contributed by atoms with Crippen molar-refractivity contribution in [3.8, 4) is 11.1 Å². The van der Waals surface area contributed by atoms with E-state index in [0.717, 1.165) is 29.8 Å². The predicted octanol–water partition coefficient (Wildman–Crippen LogP) is 5.98. The van der Waals surface area contributed by atoms with E-state index in [0.29, 0.717) is 22.9 Å². The van der Waals surface area contributed by atoms with E-state index in [4.69, 9.17) is 0 Å². The summed E-state index contributed by atoms with van der Waals surface area (Å²) < 4.78 is 39.7. The number of amides is 1. The van der Waals surface area contributed by atoms with Crippen molar-refractivity contribution in [1.82, 2.24) is 0 Å². The third-order valence-corrected chi connectivity index (χ3v) is 4.97. The van der Waals surface area contributed by atoms with Crippen LogP contribution in [0.15, 0.2) is 66.7 Å². The predicted molar refractivity (Wildman–Crippen MR) is 108 cm³/mol. The first kappa shape index (κ1) is 19.1. The molecule has 148 valence electrons. The van der Waals surface area contributed by atoms with E-state index in [-0.39, 0.29) is 5.56 Å². The average molecular weight is 396 g/mol. The van der Waals surface area contributed by atoms with Crippen molar-refractivity contribution in [2.75, 3.05) is 10.6 Å². The molecule has 0 radical (unpaired) electrons. The highest BCUT2D eigenvalue weighted by molar-refractivity contribution is 6.09. The van der Waals surface area contributed by atoms with Crippen LogP contribution in [0.1, 0.15) is 28.4 Å². The fraction of sp³-hybridized carbons (Fsp3) is 0.174. The number of hydrogen-bond acceptors (Lipinski definition) is 2. The van der Waals surface area contributed by atoms with Gasteiger partial charge in [-0.2, -0.15) is 13.2 Å². The number of carbonyl (C=O) groups is 1. The van der Waals surface area contributed by atoms with E-state index in [1.807, 2.05) is 18.2 Å². The number of fused-ring (bicyclic) bond motifs is 1. The second-order valence-corrected chi connectivity index (χ2v) is 7.20. The molecular weight excluding hydrogens is 377 g/mol. The fourth-order valence-electron chi connectivity index (χ4n) is 3.60. The molecule has 4 rings (SSSR count). The van der Waals surface area contributed by atoms with E-state index in [1.165, 1.54) is 6.07 Å². The van der Waals surface area contributed by atoms with Gasteiger partial charge in [-0.05, 0) is 60.4 Å². The Hall–Kier alpha value is -3.28. The molecule has 0 bridgehead atoms. The Morgan fingerprint density at radius 2 is 1.79 bits per heavy atom. The number of carbonyl (C=O) groups excluding carboxylic acids is 1. The molecule has 0 aromatic heterocycles. The summed E-state index contributed by atoms with van der Waals surface area (Å²) in [7, 11) is 0. The van der Waals surface area contributed by atoms with Crippen LogP contribution in [0.2, 0.25) is 0 Å². The summed E-state index contributed by atoms with van der Waals surface area (Å²) in [6.07, 6.45) is -3.70. The zero-order chi connectivity index (χ0) is 20.6. The van der Waals surface area contributed by atoms with Gasteiger partial charge < -0.3 is 10.6 Å². The average Bonchev–Trinajstić information content (AvgIpc) is 3.06. The largest absolute Gasteiger partial charge is 0.416 e. The Bertz CT molecular complexity index is 1060. The van der Waals surface area contributed by atoms with Gasteiger partial charge in [-0.3, -0.25) is 4.79 Å². The first-order valence-corrected chi connectivity index (χ1v) is 9.29. The van der Waals surface area contributed by atoms with E-state index in [2.05, 4.69) is 17.6 Å². The molecule has 3 aromatic carbocycles. The second-order valence-electron chi connectivity index (χ2n) is 7.20. The lowest BCUT2D eigenvalue weighted by Crippen LogP contribution is -2.15. The zero-order valence-electron chi connectivity index (χ0n) is 15.7. The fourth-order valence-corrected chi connectivity index (χ4v) is 3.60. The maximum absolute atomic E-state index is 13.2. The van der Waals surface area contributed by atoms with Crippen LogP contribution in [0.3, 0.4) is 0 Å². The molecule has 0 aliphatic carbocycles. The van der Waals surface area contributed by atoms with Gasteiger partial charge in [0.05, 0.1) is 5.56 Å². The minimum absolute atomic E-state index is 0.0157. The Morgan fingerprint density at radius 1 is 1.03 bits per heavy atom. The number of rotatable bonds is 3. The summed E-state index contributed by atoms with van der Waals surface area (Å²) in [5.74, 6) is -0.575. The Balaban J connectivity index is 1.70. The third kappa shape index (κ3) is 3.97. The monoisotopic (exact) mass is 396 g/mol. The summed E-state index contributed by atoms with van der Waals surface area (Å²) in [5, 5.41) is 6.08. The minimum Gasteiger partial charge on any atom is -0.382 e. The molecule has 0 saturated carbocycles. The van der Waals surface area contributed by atoms with Crippen LogP contribution in [-0.2, 0) is 12.6 Å². The quantitative estimate of drug-likeness (QED) is 0.572. The summed E-state index contributed by atoms with van der Waals surface area (Å²) in [6, 6.07) is 18.0. The summed E-state index contributed by atoms with van der Waals surface area (Å²) in [5.41, 5.74) is 2.90. The number of benzene rings is 3. The van der Waals surface area contributed by atoms with Crippen molar-refractivity contribution < 1.29 is 18.0 Å². The first-order chi connectivity index (χ1) is 13.8. The van der Waals surface area contributed by atoms with Crippen LogP contribution in [0, 0.1) is 0 Å². The molecule has 2 N–H and O–H groups in total. The van der Waals surface area contributed by atoms with Crippen molar-refractivity contribution in [3.63, 3.8) is 0 Å². The highest BCUT2D eigenvalue weighted by Crippen LogP contribution is 2.34. The van der Waals surface area contributed by atoms with Gasteiger partial charge in [-0.15, -0.1) is 0 Å². The molecule has 1 aliphatic heterocycles. The maximum atomic E-state index is 13.2. The van der Waals surface area contributed by atoms with E-state index in [1.54, 1.807) is 30.3 Å². The highest BCUT2D eigenvalue weighted by atomic mass is 19.4. The molecule has 29 heavy (non-hydrogen) atoms. The number of halogens is 3. The smallest absolute Gasteiger partial charge is 0.382 e. The first-order valence-electron chi connectivity index (χ1n) is 9.29. The Kier molecular flexibility index (Phi) is 4.78. The highest BCUT2D eigenvalue weighted by Gasteiger charge is 2.32. The molecule has 1 atom stereocenters. The van der Waals surface area contributed by atoms with Gasteiger partial charge >= 0.3 is 6.18 Å². The second kappa shape index (κ2) is 7.28. The van der Waals surface area contributed by atoms with Gasteiger partial charge in [-0.25, -0.2) is 0 Å². The number of alkyl halides is 3. The lowest BCUT2D eigenvalue weighted by Gasteiger charge is -2.14. The van der Waals surface area contributed by atoms with E-state index in [9.17, 15) is 18.0 Å². The summed E-state index contributed by atoms with van der Waals surface area (Å²) in [4.78, 5) is 13.0. The molecule has 1 amide bonds. The van der Waals surface area contributed by atoms with Gasteiger partial charge in [0.1, 0.15) is 0 Å². The normalized spacial score (nSPS) is 15.5. The van der Waals surface area contributed by atoms with Crippen LogP contribution in [0.4, 0.5) is 24.5 Å². The van der Waals surface area contributed by atoms with Crippen molar-refractivity contribution in [3.05, 3.63) is 83.4 Å². The van der Waals surface area contributed by atoms with Crippen LogP contribution >= 0.6 is 0 Å². The van der Waals surface area contributed by atoms with Crippen molar-refractivity contribution in [2.24, 2.45) is 0 Å². The Morgan fingerprint density at radius 3 is 2.52 bits per heavy atom. The molecule has 3 aromatic rings. The molecule has 1 unspecified atom stereocenters. The lowest BCUT2D eigenvalue weighted by atomic mass is 9.96. The molecule has 6 heteroatoms. The van der Waals surface area contributed by atoms with Crippen LogP contribution in [0.5, 0.6) is 0 Å². The molecule has 1 aliphatic rings. The van der Waals surface area contributed by atoms with E-state index >= 15 is 0 Å². The SMILES string of the molecule is CC1Cc2cc(NC(=O)c3cc(C(F)(F)F)ccc3-c3ccccc3)ccc2N1. The Labute approximate surface area is 166 Å². The van der Waals surface area contributed by atoms with Crippen LogP contribution < -0.4 is 10.6 Å². The zero-order valence-corrected chi connectivity index (χ0v) is 15.7. The van der Waals surface area contributed by atoms with E-state index < -0.39 is 17.6 Å². The van der Waals surface area contributed by atoms with Gasteiger partial charge in [0.2, 0.25) is 0 Å². The van der Waals surface area contributed by atoms with Gasteiger partial charge in [0, 0.05) is 23.0 Å². The van der Waals surface area contributed by atoms with Gasteiger partial charge in [0.25, 0.3) is 5.91 Å². The molecule has 0 spiro atoms. The molecular formula is C23H19F3N2O. The van der Waals surface area contributed by atoms with Crippen LogP contribution in [0.25, 0.3) is 11.1 Å². The molecule has 0 saturated heterocycles. The van der Waals surface area contributed by atoms with Crippen molar-refractivity contribution in [2.45, 2.75) is 25.6 Å².